The minimum absolute atomic E-state index is 0.00481. The zero-order valence-electron chi connectivity index (χ0n) is 11.6. The highest BCUT2D eigenvalue weighted by Gasteiger charge is 2.61. The van der Waals surface area contributed by atoms with Gasteiger partial charge in [-0.15, -0.1) is 0 Å². The number of carbonyl (C=O) groups excluding carboxylic acids is 1. The number of hydrogen-bond acceptors (Lipinski definition) is 3. The molecule has 104 valence electrons. The van der Waals surface area contributed by atoms with Crippen LogP contribution in [0.2, 0.25) is 0 Å². The molecule has 4 rings (SSSR count). The van der Waals surface area contributed by atoms with Crippen molar-refractivity contribution in [1.29, 1.82) is 0 Å². The van der Waals surface area contributed by atoms with Gasteiger partial charge < -0.3 is 5.11 Å². The maximum atomic E-state index is 12.6. The van der Waals surface area contributed by atoms with Crippen molar-refractivity contribution < 1.29 is 9.90 Å². The van der Waals surface area contributed by atoms with Crippen LogP contribution in [0.25, 0.3) is 0 Å². The molecule has 0 aromatic rings. The smallest absolute Gasteiger partial charge is 0.138 e. The summed E-state index contributed by atoms with van der Waals surface area (Å²) in [5, 5.41) is 10.5. The number of aliphatic hydroxyl groups is 1. The average Bonchev–Trinajstić information content (AvgIpc) is 2.40. The van der Waals surface area contributed by atoms with Crippen LogP contribution in [-0.2, 0) is 4.79 Å². The van der Waals surface area contributed by atoms with Crippen LogP contribution >= 0.6 is 0 Å². The summed E-state index contributed by atoms with van der Waals surface area (Å²) in [6.45, 7) is 4.40. The number of rotatable bonds is 0. The van der Waals surface area contributed by atoms with Crippen LogP contribution in [0.4, 0.5) is 0 Å². The Morgan fingerprint density at radius 3 is 3.11 bits per heavy atom. The molecular weight excluding hydrogens is 238 g/mol. The standard InChI is InChI=1S/C16H23NO2/c1-10-9-16-12-4-2-6-17(16)7-3-5-13(16)14(18)8-11(12)15(10)19/h4,10-11,13,15,19H,2-3,5-9H2,1H3/t10-,11-,13+,15+,16+/m0/s1. The molecule has 3 nitrogen and oxygen atoms in total. The lowest BCUT2D eigenvalue weighted by atomic mass is 9.51. The van der Waals surface area contributed by atoms with E-state index >= 15 is 0 Å². The summed E-state index contributed by atoms with van der Waals surface area (Å²) in [5.74, 6) is 1.04. The van der Waals surface area contributed by atoms with Gasteiger partial charge in [0.05, 0.1) is 11.6 Å². The quantitative estimate of drug-likeness (QED) is 0.675. The molecular formula is C16H23NO2. The van der Waals surface area contributed by atoms with Crippen molar-refractivity contribution in [3.05, 3.63) is 11.6 Å². The van der Waals surface area contributed by atoms with Gasteiger partial charge in [0.1, 0.15) is 5.78 Å². The number of hydrogen-bond donors (Lipinski definition) is 1. The van der Waals surface area contributed by atoms with E-state index < -0.39 is 0 Å². The molecule has 1 N–H and O–H groups in total. The van der Waals surface area contributed by atoms with Gasteiger partial charge in [0.2, 0.25) is 0 Å². The van der Waals surface area contributed by atoms with E-state index in [0.717, 1.165) is 38.8 Å². The Bertz CT molecular complexity index is 458. The molecule has 1 spiro atoms. The summed E-state index contributed by atoms with van der Waals surface area (Å²) >= 11 is 0. The monoisotopic (exact) mass is 261 g/mol. The van der Waals surface area contributed by atoms with Crippen molar-refractivity contribution >= 4 is 5.78 Å². The molecule has 0 amide bonds. The topological polar surface area (TPSA) is 40.5 Å². The first-order valence-corrected chi connectivity index (χ1v) is 7.81. The van der Waals surface area contributed by atoms with E-state index in [1.807, 2.05) is 0 Å². The van der Waals surface area contributed by atoms with E-state index in [1.54, 1.807) is 0 Å². The summed E-state index contributed by atoms with van der Waals surface area (Å²) in [6, 6.07) is 0. The Hall–Kier alpha value is -0.670. The molecule has 19 heavy (non-hydrogen) atoms. The Kier molecular flexibility index (Phi) is 2.50. The first kappa shape index (κ1) is 12.1. The summed E-state index contributed by atoms with van der Waals surface area (Å²) in [4.78, 5) is 15.1. The van der Waals surface area contributed by atoms with Crippen LogP contribution in [-0.4, -0.2) is 40.5 Å². The highest BCUT2D eigenvalue weighted by Crippen LogP contribution is 2.57. The highest BCUT2D eigenvalue weighted by atomic mass is 16.3. The number of nitrogens with zero attached hydrogens (tertiary/aromatic N) is 1. The van der Waals surface area contributed by atoms with Crippen molar-refractivity contribution in [3.8, 4) is 0 Å². The fourth-order valence-corrected chi connectivity index (χ4v) is 5.46. The van der Waals surface area contributed by atoms with E-state index in [-0.39, 0.29) is 23.5 Å². The van der Waals surface area contributed by atoms with E-state index in [0.29, 0.717) is 18.1 Å². The summed E-state index contributed by atoms with van der Waals surface area (Å²) in [6.07, 6.45) is 6.92. The Morgan fingerprint density at radius 2 is 2.26 bits per heavy atom. The molecule has 3 heteroatoms. The number of ketones is 1. The van der Waals surface area contributed by atoms with Gasteiger partial charge in [0.25, 0.3) is 0 Å². The molecule has 0 aromatic carbocycles. The summed E-state index contributed by atoms with van der Waals surface area (Å²) in [5.41, 5.74) is 1.42. The van der Waals surface area contributed by atoms with Gasteiger partial charge in [-0.25, -0.2) is 0 Å². The predicted octanol–water partition coefficient (Wildman–Crippen LogP) is 1.76. The minimum Gasteiger partial charge on any atom is -0.392 e. The van der Waals surface area contributed by atoms with Crippen molar-refractivity contribution in [2.45, 2.75) is 50.7 Å². The average molecular weight is 261 g/mol. The van der Waals surface area contributed by atoms with Crippen molar-refractivity contribution in [3.63, 3.8) is 0 Å². The molecule has 0 unspecified atom stereocenters. The third kappa shape index (κ3) is 1.38. The predicted molar refractivity (Wildman–Crippen MR) is 72.6 cm³/mol. The molecule has 3 fully saturated rings. The second-order valence-corrected chi connectivity index (χ2v) is 7.00. The maximum absolute atomic E-state index is 12.6. The van der Waals surface area contributed by atoms with Gasteiger partial charge in [-0.2, -0.15) is 0 Å². The molecule has 2 aliphatic heterocycles. The Labute approximate surface area is 114 Å². The summed E-state index contributed by atoms with van der Waals surface area (Å²) < 4.78 is 0. The minimum atomic E-state index is -0.316. The number of piperidine rings is 1. The SMILES string of the molecule is C[C@H]1C[C@]23C4=CCCN2CCC[C@@H]3C(=O)C[C@@H]4[C@@H]1O. The van der Waals surface area contributed by atoms with Crippen LogP contribution in [0.15, 0.2) is 11.6 Å². The van der Waals surface area contributed by atoms with E-state index in [4.69, 9.17) is 0 Å². The first-order chi connectivity index (χ1) is 9.14. The molecule has 2 heterocycles. The third-order valence-electron chi connectivity index (χ3n) is 6.16. The molecule has 4 aliphatic rings. The highest BCUT2D eigenvalue weighted by molar-refractivity contribution is 5.86. The van der Waals surface area contributed by atoms with Gasteiger partial charge in [-0.3, -0.25) is 9.69 Å². The summed E-state index contributed by atoms with van der Waals surface area (Å²) in [7, 11) is 0. The van der Waals surface area contributed by atoms with E-state index in [9.17, 15) is 9.90 Å². The van der Waals surface area contributed by atoms with Crippen LogP contribution < -0.4 is 0 Å². The zero-order valence-corrected chi connectivity index (χ0v) is 11.6. The first-order valence-electron chi connectivity index (χ1n) is 7.81. The van der Waals surface area contributed by atoms with E-state index in [1.165, 1.54) is 5.57 Å². The molecule has 2 aliphatic carbocycles. The van der Waals surface area contributed by atoms with Crippen LogP contribution in [0.3, 0.4) is 0 Å². The maximum Gasteiger partial charge on any atom is 0.138 e. The lowest BCUT2D eigenvalue weighted by molar-refractivity contribution is -0.147. The normalized spacial score (nSPS) is 49.6. The number of carbonyl (C=O) groups is 1. The number of aliphatic hydroxyl groups excluding tert-OH is 1. The van der Waals surface area contributed by atoms with Gasteiger partial charge in [0, 0.05) is 24.8 Å². The van der Waals surface area contributed by atoms with Gasteiger partial charge in [-0.1, -0.05) is 13.0 Å². The molecule has 2 bridgehead atoms. The zero-order chi connectivity index (χ0) is 13.2. The fourth-order valence-electron chi connectivity index (χ4n) is 5.46. The number of Topliss-reactive ketones (excluding diaryl/α,β-unsaturated/α-hetero) is 1. The lowest BCUT2D eigenvalue weighted by Gasteiger charge is -2.63. The Morgan fingerprint density at radius 1 is 1.42 bits per heavy atom. The van der Waals surface area contributed by atoms with Crippen molar-refractivity contribution in [1.82, 2.24) is 4.90 Å². The lowest BCUT2D eigenvalue weighted by Crippen LogP contribution is -2.69. The van der Waals surface area contributed by atoms with Crippen LogP contribution in [0, 0.1) is 17.8 Å². The van der Waals surface area contributed by atoms with Gasteiger partial charge in [-0.05, 0) is 43.7 Å². The van der Waals surface area contributed by atoms with Gasteiger partial charge >= 0.3 is 0 Å². The Balaban J connectivity index is 1.89. The second-order valence-electron chi connectivity index (χ2n) is 7.00. The molecule has 1 saturated heterocycles. The molecule has 0 aromatic heterocycles. The van der Waals surface area contributed by atoms with Crippen molar-refractivity contribution in [2.75, 3.05) is 13.1 Å². The third-order valence-corrected chi connectivity index (χ3v) is 6.16. The molecule has 2 saturated carbocycles. The second kappa shape index (κ2) is 3.92. The van der Waals surface area contributed by atoms with Crippen LogP contribution in [0.5, 0.6) is 0 Å². The van der Waals surface area contributed by atoms with E-state index in [2.05, 4.69) is 17.9 Å². The fraction of sp³-hybridized carbons (Fsp3) is 0.812. The van der Waals surface area contributed by atoms with Crippen molar-refractivity contribution in [2.24, 2.45) is 17.8 Å². The van der Waals surface area contributed by atoms with Gasteiger partial charge in [0.15, 0.2) is 0 Å². The van der Waals surface area contributed by atoms with Crippen LogP contribution in [0.1, 0.15) is 39.0 Å². The molecule has 0 radical (unpaired) electrons. The largest absolute Gasteiger partial charge is 0.392 e. The molecule has 5 atom stereocenters.